The van der Waals surface area contributed by atoms with Crippen molar-refractivity contribution < 1.29 is 0 Å². The Labute approximate surface area is 221 Å². The van der Waals surface area contributed by atoms with Gasteiger partial charge in [0.2, 0.25) is 0 Å². The second-order valence-electron chi connectivity index (χ2n) is 8.68. The summed E-state index contributed by atoms with van der Waals surface area (Å²) in [5.41, 5.74) is 0. The Bertz CT molecular complexity index is 976. The molecule has 4 aromatic carbocycles. The van der Waals surface area contributed by atoms with Crippen molar-refractivity contribution in [2.75, 3.05) is 0 Å². The van der Waals surface area contributed by atoms with E-state index in [-0.39, 0.29) is 0 Å². The van der Waals surface area contributed by atoms with Gasteiger partial charge in [0.25, 0.3) is 0 Å². The van der Waals surface area contributed by atoms with E-state index >= 15 is 0 Å². The van der Waals surface area contributed by atoms with E-state index in [1.807, 2.05) is 0 Å². The first-order valence-corrected chi connectivity index (χ1v) is 34.1. The van der Waals surface area contributed by atoms with Gasteiger partial charge in [-0.25, -0.2) is 0 Å². The maximum absolute atomic E-state index is 2.54. The maximum atomic E-state index is 2.54. The van der Waals surface area contributed by atoms with Gasteiger partial charge in [-0.3, -0.25) is 0 Å². The molecule has 0 amide bonds. The van der Waals surface area contributed by atoms with Gasteiger partial charge in [-0.15, -0.1) is 0 Å². The van der Waals surface area contributed by atoms with E-state index in [1.54, 1.807) is 28.6 Å². The standard InChI is InChI=1S/4C6H4.4CH3.4Sn/c4*1-2-4-6-5-3-1;;;;;;;;/h4*1-4H;4*1H3;;;;. The Morgan fingerprint density at radius 1 is 0.281 bits per heavy atom. The molecule has 2 aliphatic rings. The quantitative estimate of drug-likeness (QED) is 0.232. The Balaban J connectivity index is 0.000000135. The molecule has 4 radical (unpaired) electrons. The Morgan fingerprint density at radius 2 is 0.406 bits per heavy atom. The molecule has 4 heteroatoms. The van der Waals surface area contributed by atoms with Crippen molar-refractivity contribution in [3.63, 3.8) is 0 Å². The SMILES string of the molecule is [CH3][Sn]1[c]2cccc[c]2[Sn]([CH3])[c]2cccc[c]21.[CH3][Sn]1[c]2cccc[c]2[Sn]([CH3])[c]2cccc[c]21. The van der Waals surface area contributed by atoms with Crippen molar-refractivity contribution in [1.82, 2.24) is 0 Å². The van der Waals surface area contributed by atoms with E-state index < -0.39 is 79.0 Å². The van der Waals surface area contributed by atoms with E-state index in [1.165, 1.54) is 0 Å². The van der Waals surface area contributed by atoms with Crippen LogP contribution in [0.2, 0.25) is 19.8 Å². The van der Waals surface area contributed by atoms with Crippen LogP contribution >= 0.6 is 0 Å². The van der Waals surface area contributed by atoms with Crippen molar-refractivity contribution >= 4 is 108 Å². The average molecular weight is 839 g/mol. The molecule has 0 saturated carbocycles. The van der Waals surface area contributed by atoms with Crippen LogP contribution in [0.15, 0.2) is 97.1 Å². The molecule has 0 N–H and O–H groups in total. The molecular weight excluding hydrogens is 811 g/mol. The van der Waals surface area contributed by atoms with Gasteiger partial charge < -0.3 is 0 Å². The summed E-state index contributed by atoms with van der Waals surface area (Å²) in [6.45, 7) is 0. The number of hydrogen-bond acceptors (Lipinski definition) is 0. The second kappa shape index (κ2) is 10.4. The number of hydrogen-bond donors (Lipinski definition) is 0. The molecule has 0 nitrogen and oxygen atoms in total. The minimum absolute atomic E-state index is 1.49. The molecule has 0 aromatic heterocycles. The zero-order chi connectivity index (χ0) is 22.2. The van der Waals surface area contributed by atoms with Crippen LogP contribution in [0.5, 0.6) is 0 Å². The molecule has 0 spiro atoms. The first kappa shape index (κ1) is 23.8. The topological polar surface area (TPSA) is 0 Å². The van der Waals surface area contributed by atoms with Gasteiger partial charge in [-0.05, 0) is 0 Å². The van der Waals surface area contributed by atoms with Crippen LogP contribution in [0.4, 0.5) is 0 Å². The second-order valence-corrected chi connectivity index (χ2v) is 35.3. The molecule has 32 heavy (non-hydrogen) atoms. The van der Waals surface area contributed by atoms with Gasteiger partial charge in [0.05, 0.1) is 0 Å². The summed E-state index contributed by atoms with van der Waals surface area (Å²) in [5, 5.41) is 0. The first-order chi connectivity index (χ1) is 15.6. The Hall–Kier alpha value is 0.0748. The zero-order valence-corrected chi connectivity index (χ0v) is 30.7. The van der Waals surface area contributed by atoms with Gasteiger partial charge in [0.15, 0.2) is 0 Å². The van der Waals surface area contributed by atoms with Crippen LogP contribution in [-0.4, -0.2) is 79.0 Å². The molecule has 156 valence electrons. The fraction of sp³-hybridized carbons (Fsp3) is 0.143. The predicted octanol–water partition coefficient (Wildman–Crippen LogP) is 0.955. The molecule has 4 aromatic rings. The minimum atomic E-state index is -1.49. The third-order valence-electron chi connectivity index (χ3n) is 6.94. The summed E-state index contributed by atoms with van der Waals surface area (Å²) >= 11 is -5.95. The van der Waals surface area contributed by atoms with E-state index in [9.17, 15) is 0 Å². The van der Waals surface area contributed by atoms with Crippen LogP contribution in [0.3, 0.4) is 0 Å². The first-order valence-electron chi connectivity index (χ1n) is 11.3. The molecule has 2 heterocycles. The average Bonchev–Trinajstić information content (AvgIpc) is 2.86. The molecule has 0 aliphatic carbocycles. The third-order valence-corrected chi connectivity index (χ3v) is 43.5. The fourth-order valence-corrected chi connectivity index (χ4v) is 56.2. The van der Waals surface area contributed by atoms with E-state index in [4.69, 9.17) is 0 Å². The van der Waals surface area contributed by atoms with Crippen LogP contribution in [0, 0.1) is 0 Å². The predicted molar refractivity (Wildman–Crippen MR) is 149 cm³/mol. The van der Waals surface area contributed by atoms with Gasteiger partial charge in [-0.2, -0.15) is 0 Å². The number of rotatable bonds is 0. The van der Waals surface area contributed by atoms with Gasteiger partial charge in [0, 0.05) is 0 Å². The summed E-state index contributed by atoms with van der Waals surface area (Å²) in [6.07, 6.45) is 0. The van der Waals surface area contributed by atoms with Crippen molar-refractivity contribution in [2.45, 2.75) is 19.8 Å². The summed E-state index contributed by atoms with van der Waals surface area (Å²) in [6, 6.07) is 37.1. The summed E-state index contributed by atoms with van der Waals surface area (Å²) in [5.74, 6) is 0. The molecule has 6 rings (SSSR count). The van der Waals surface area contributed by atoms with Gasteiger partial charge >= 0.3 is 224 Å². The summed E-state index contributed by atoms with van der Waals surface area (Å²) < 4.78 is 14.2. The molecule has 0 unspecified atom stereocenters. The van der Waals surface area contributed by atoms with E-state index in [0.717, 1.165) is 0 Å². The molecule has 0 bridgehead atoms. The summed E-state index contributed by atoms with van der Waals surface area (Å²) in [4.78, 5) is 10.1. The van der Waals surface area contributed by atoms with Crippen LogP contribution in [0.1, 0.15) is 0 Å². The number of benzene rings is 4. The van der Waals surface area contributed by atoms with Gasteiger partial charge in [0.1, 0.15) is 0 Å². The molecule has 2 aliphatic heterocycles. The molecule has 0 atom stereocenters. The summed E-state index contributed by atoms with van der Waals surface area (Å²) in [7, 11) is 0. The van der Waals surface area contributed by atoms with E-state index in [2.05, 4.69) is 117 Å². The monoisotopic (exact) mass is 844 g/mol. The van der Waals surface area contributed by atoms with Crippen molar-refractivity contribution in [2.24, 2.45) is 0 Å². The van der Waals surface area contributed by atoms with Crippen molar-refractivity contribution in [3.8, 4) is 0 Å². The van der Waals surface area contributed by atoms with Crippen LogP contribution in [-0.2, 0) is 0 Å². The van der Waals surface area contributed by atoms with Crippen molar-refractivity contribution in [1.29, 1.82) is 0 Å². The zero-order valence-electron chi connectivity index (χ0n) is 19.2. The molecule has 0 saturated heterocycles. The Kier molecular flexibility index (Phi) is 7.71. The van der Waals surface area contributed by atoms with Gasteiger partial charge in [-0.1, -0.05) is 0 Å². The normalized spacial score (nSPS) is 15.6. The van der Waals surface area contributed by atoms with E-state index in [0.29, 0.717) is 0 Å². The molecular formula is C28H28Sn4. The van der Waals surface area contributed by atoms with Crippen LogP contribution < -0.4 is 28.6 Å². The van der Waals surface area contributed by atoms with Crippen molar-refractivity contribution in [3.05, 3.63) is 97.1 Å². The fourth-order valence-electron chi connectivity index (χ4n) is 5.13. The molecule has 0 fully saturated rings. The Morgan fingerprint density at radius 3 is 0.531 bits per heavy atom. The third kappa shape index (κ3) is 4.39. The van der Waals surface area contributed by atoms with Crippen LogP contribution in [0.25, 0.3) is 0 Å². The number of fused-ring (bicyclic) bond motifs is 4.